The second-order valence-corrected chi connectivity index (χ2v) is 6.08. The molecule has 0 radical (unpaired) electrons. The molecule has 0 aliphatic heterocycles. The maximum atomic E-state index is 11.5. The van der Waals surface area contributed by atoms with E-state index in [2.05, 4.69) is 9.97 Å². The van der Waals surface area contributed by atoms with Crippen molar-refractivity contribution >= 4 is 9.84 Å². The summed E-state index contributed by atoms with van der Waals surface area (Å²) in [6.07, 6.45) is 2.57. The molecule has 0 amide bonds. The number of sulfone groups is 1. The number of nitrogens with two attached hydrogens (primary N) is 1. The standard InChI is InChI=1S/C12H13N3O3S/c1-19(17,18)9-4-2-3-8(5-9)11-7-14-12(16)10(6-13)15-11/h2-5,7H,6,13H2,1H3,(H,14,16). The van der Waals surface area contributed by atoms with Gasteiger partial charge in [-0.2, -0.15) is 0 Å². The molecule has 3 N–H and O–H groups in total. The van der Waals surface area contributed by atoms with Crippen molar-refractivity contribution in [1.29, 1.82) is 0 Å². The van der Waals surface area contributed by atoms with E-state index in [0.29, 0.717) is 11.3 Å². The van der Waals surface area contributed by atoms with Crippen molar-refractivity contribution in [1.82, 2.24) is 9.97 Å². The van der Waals surface area contributed by atoms with Crippen molar-refractivity contribution in [2.45, 2.75) is 11.4 Å². The lowest BCUT2D eigenvalue weighted by atomic mass is 10.1. The molecule has 0 saturated heterocycles. The van der Waals surface area contributed by atoms with E-state index in [-0.39, 0.29) is 22.7 Å². The number of hydrogen-bond acceptors (Lipinski definition) is 5. The molecule has 0 saturated carbocycles. The van der Waals surface area contributed by atoms with Crippen LogP contribution in [0.3, 0.4) is 0 Å². The first-order valence-corrected chi connectivity index (χ1v) is 7.40. The van der Waals surface area contributed by atoms with E-state index < -0.39 is 9.84 Å². The summed E-state index contributed by atoms with van der Waals surface area (Å²) in [4.78, 5) is 18.2. The van der Waals surface area contributed by atoms with Gasteiger partial charge >= 0.3 is 0 Å². The number of aromatic nitrogens is 2. The van der Waals surface area contributed by atoms with E-state index in [0.717, 1.165) is 6.26 Å². The van der Waals surface area contributed by atoms with E-state index in [4.69, 9.17) is 5.73 Å². The van der Waals surface area contributed by atoms with Crippen LogP contribution in [-0.2, 0) is 16.4 Å². The Morgan fingerprint density at radius 3 is 2.74 bits per heavy atom. The molecule has 1 aromatic carbocycles. The Balaban J connectivity index is 2.57. The van der Waals surface area contributed by atoms with Crippen molar-refractivity contribution in [3.05, 3.63) is 46.5 Å². The summed E-state index contributed by atoms with van der Waals surface area (Å²) in [6, 6.07) is 6.36. The molecule has 19 heavy (non-hydrogen) atoms. The molecule has 0 atom stereocenters. The van der Waals surface area contributed by atoms with Gasteiger partial charge in [0.05, 0.1) is 10.6 Å². The van der Waals surface area contributed by atoms with Crippen LogP contribution in [0.15, 0.2) is 40.2 Å². The summed E-state index contributed by atoms with van der Waals surface area (Å²) >= 11 is 0. The monoisotopic (exact) mass is 279 g/mol. The zero-order valence-corrected chi connectivity index (χ0v) is 11.1. The molecule has 100 valence electrons. The van der Waals surface area contributed by atoms with Crippen LogP contribution in [0.2, 0.25) is 0 Å². The third-order valence-corrected chi connectivity index (χ3v) is 3.72. The number of nitrogens with zero attached hydrogens (tertiary/aromatic N) is 1. The Hall–Kier alpha value is -1.99. The van der Waals surface area contributed by atoms with Gasteiger partial charge in [0.25, 0.3) is 5.56 Å². The van der Waals surface area contributed by atoms with Crippen LogP contribution in [0.1, 0.15) is 5.69 Å². The highest BCUT2D eigenvalue weighted by atomic mass is 32.2. The normalized spacial score (nSPS) is 11.5. The average molecular weight is 279 g/mol. The van der Waals surface area contributed by atoms with Gasteiger partial charge in [-0.05, 0) is 12.1 Å². The first-order chi connectivity index (χ1) is 8.91. The number of benzene rings is 1. The second kappa shape index (κ2) is 4.94. The molecule has 1 heterocycles. The molecular formula is C12H13N3O3S. The molecule has 6 nitrogen and oxygen atoms in total. The van der Waals surface area contributed by atoms with Crippen molar-refractivity contribution in [2.24, 2.45) is 5.73 Å². The molecule has 1 aromatic heterocycles. The van der Waals surface area contributed by atoms with E-state index in [1.807, 2.05) is 0 Å². The van der Waals surface area contributed by atoms with E-state index in [1.54, 1.807) is 12.1 Å². The van der Waals surface area contributed by atoms with Crippen molar-refractivity contribution < 1.29 is 8.42 Å². The Kier molecular flexibility index (Phi) is 3.50. The number of H-pyrrole nitrogens is 1. The topological polar surface area (TPSA) is 106 Å². The molecule has 0 spiro atoms. The van der Waals surface area contributed by atoms with Crippen LogP contribution < -0.4 is 11.3 Å². The molecule has 0 unspecified atom stereocenters. The predicted molar refractivity (Wildman–Crippen MR) is 71.3 cm³/mol. The quantitative estimate of drug-likeness (QED) is 0.840. The second-order valence-electron chi connectivity index (χ2n) is 4.07. The number of hydrogen-bond donors (Lipinski definition) is 2. The SMILES string of the molecule is CS(=O)(=O)c1cccc(-c2c[nH]c(=O)c(CN)n2)c1. The maximum absolute atomic E-state index is 11.5. The van der Waals surface area contributed by atoms with Gasteiger partial charge in [-0.25, -0.2) is 13.4 Å². The van der Waals surface area contributed by atoms with Crippen molar-refractivity contribution in [3.63, 3.8) is 0 Å². The van der Waals surface area contributed by atoms with Crippen molar-refractivity contribution in [2.75, 3.05) is 6.26 Å². The van der Waals surface area contributed by atoms with Gasteiger partial charge in [-0.3, -0.25) is 4.79 Å². The molecule has 0 aliphatic rings. The largest absolute Gasteiger partial charge is 0.325 e. The van der Waals surface area contributed by atoms with Gasteiger partial charge < -0.3 is 10.7 Å². The summed E-state index contributed by atoms with van der Waals surface area (Å²) < 4.78 is 23.0. The van der Waals surface area contributed by atoms with Gasteiger partial charge in [0.2, 0.25) is 0 Å². The van der Waals surface area contributed by atoms with Crippen LogP contribution in [0.4, 0.5) is 0 Å². The minimum atomic E-state index is -3.28. The Morgan fingerprint density at radius 2 is 2.11 bits per heavy atom. The van der Waals surface area contributed by atoms with Gasteiger partial charge in [-0.1, -0.05) is 12.1 Å². The highest BCUT2D eigenvalue weighted by Gasteiger charge is 2.10. The van der Waals surface area contributed by atoms with Crippen molar-refractivity contribution in [3.8, 4) is 11.3 Å². The molecule has 0 fully saturated rings. The van der Waals surface area contributed by atoms with Gasteiger partial charge in [-0.15, -0.1) is 0 Å². The fraction of sp³-hybridized carbons (Fsp3) is 0.167. The molecule has 2 rings (SSSR count). The third kappa shape index (κ3) is 2.88. The first-order valence-electron chi connectivity index (χ1n) is 5.51. The van der Waals surface area contributed by atoms with Gasteiger partial charge in [0.1, 0.15) is 5.69 Å². The minimum absolute atomic E-state index is 0.0228. The summed E-state index contributed by atoms with van der Waals surface area (Å²) in [6.45, 7) is 0.0228. The lowest BCUT2D eigenvalue weighted by Gasteiger charge is -2.04. The first kappa shape index (κ1) is 13.4. The van der Waals surface area contributed by atoms with Gasteiger partial charge in [0.15, 0.2) is 9.84 Å². The highest BCUT2D eigenvalue weighted by molar-refractivity contribution is 7.90. The van der Waals surface area contributed by atoms with E-state index in [9.17, 15) is 13.2 Å². The average Bonchev–Trinajstić information content (AvgIpc) is 2.38. The predicted octanol–water partition coefficient (Wildman–Crippen LogP) is 0.299. The molecule has 7 heteroatoms. The summed E-state index contributed by atoms with van der Waals surface area (Å²) in [5.74, 6) is 0. The number of rotatable bonds is 3. The fourth-order valence-corrected chi connectivity index (χ4v) is 2.28. The van der Waals surface area contributed by atoms with Crippen LogP contribution in [0, 0.1) is 0 Å². The maximum Gasteiger partial charge on any atom is 0.271 e. The Labute approximate surface area is 110 Å². The number of nitrogens with one attached hydrogen (secondary N) is 1. The summed E-state index contributed by atoms with van der Waals surface area (Å²) in [5, 5.41) is 0. The lowest BCUT2D eigenvalue weighted by Crippen LogP contribution is -2.18. The third-order valence-electron chi connectivity index (χ3n) is 2.61. The van der Waals surface area contributed by atoms with Crippen LogP contribution in [0.25, 0.3) is 11.3 Å². The van der Waals surface area contributed by atoms with Gasteiger partial charge in [0, 0.05) is 24.6 Å². The lowest BCUT2D eigenvalue weighted by molar-refractivity contribution is 0.602. The highest BCUT2D eigenvalue weighted by Crippen LogP contribution is 2.19. The zero-order chi connectivity index (χ0) is 14.0. The minimum Gasteiger partial charge on any atom is -0.325 e. The van der Waals surface area contributed by atoms with Crippen LogP contribution in [0.5, 0.6) is 0 Å². The van der Waals surface area contributed by atoms with E-state index >= 15 is 0 Å². The fourth-order valence-electron chi connectivity index (χ4n) is 1.62. The molecule has 2 aromatic rings. The zero-order valence-electron chi connectivity index (χ0n) is 10.3. The molecular weight excluding hydrogens is 266 g/mol. The van der Waals surface area contributed by atoms with Crippen LogP contribution in [-0.4, -0.2) is 24.6 Å². The smallest absolute Gasteiger partial charge is 0.271 e. The van der Waals surface area contributed by atoms with E-state index in [1.165, 1.54) is 18.3 Å². The molecule has 0 bridgehead atoms. The summed E-state index contributed by atoms with van der Waals surface area (Å²) in [7, 11) is -3.28. The molecule has 0 aliphatic carbocycles. The van der Waals surface area contributed by atoms with Crippen LogP contribution >= 0.6 is 0 Å². The number of aromatic amines is 1. The Morgan fingerprint density at radius 1 is 1.37 bits per heavy atom. The Bertz CT molecular complexity index is 766. The summed E-state index contributed by atoms with van der Waals surface area (Å²) in [5.41, 5.74) is 6.37.